The third-order valence-electron chi connectivity index (χ3n) is 5.68. The number of aromatic nitrogens is 2. The van der Waals surface area contributed by atoms with E-state index in [1.807, 2.05) is 11.0 Å². The van der Waals surface area contributed by atoms with Gasteiger partial charge in [-0.25, -0.2) is 9.37 Å². The first-order valence-electron chi connectivity index (χ1n) is 9.90. The maximum absolute atomic E-state index is 14.4. The summed E-state index contributed by atoms with van der Waals surface area (Å²) in [7, 11) is 3.24. The molecule has 1 atom stereocenters. The molecule has 0 saturated carbocycles. The van der Waals surface area contributed by atoms with Crippen LogP contribution in [0, 0.1) is 17.1 Å². The second-order valence-corrected chi connectivity index (χ2v) is 7.41. The molecule has 1 saturated heterocycles. The highest BCUT2D eigenvalue weighted by Gasteiger charge is 2.31. The lowest BCUT2D eigenvalue weighted by molar-refractivity contribution is 0.415. The van der Waals surface area contributed by atoms with Crippen LogP contribution in [0.5, 0.6) is 5.75 Å². The largest absolute Gasteiger partial charge is 0.497 e. The molecule has 2 N–H and O–H groups in total. The number of rotatable bonds is 5. The number of halogens is 1. The Morgan fingerprint density at radius 3 is 2.52 bits per heavy atom. The molecule has 0 aliphatic carbocycles. The number of nitrogens with two attached hydrogens (primary N) is 1. The number of anilines is 1. The van der Waals surface area contributed by atoms with E-state index in [1.54, 1.807) is 44.5 Å². The average Bonchev–Trinajstić information content (AvgIpc) is 2.76. The minimum atomic E-state index is -0.659. The molecule has 2 heterocycles. The van der Waals surface area contributed by atoms with E-state index in [2.05, 4.69) is 0 Å². The fraction of sp³-hybridized carbons (Fsp3) is 0.261. The molecule has 2 aromatic carbocycles. The van der Waals surface area contributed by atoms with Crippen LogP contribution in [0.2, 0.25) is 0 Å². The summed E-state index contributed by atoms with van der Waals surface area (Å²) in [6, 6.07) is 13.2. The number of hydrogen-bond donors (Lipinski definition) is 1. The number of nitriles is 1. The predicted octanol–water partition coefficient (Wildman–Crippen LogP) is 2.67. The van der Waals surface area contributed by atoms with Gasteiger partial charge in [0.05, 0.1) is 23.9 Å². The van der Waals surface area contributed by atoms with Gasteiger partial charge in [0, 0.05) is 31.7 Å². The van der Waals surface area contributed by atoms with Crippen LogP contribution in [0.4, 0.5) is 10.3 Å². The maximum atomic E-state index is 14.4. The predicted molar refractivity (Wildman–Crippen MR) is 116 cm³/mol. The maximum Gasteiger partial charge on any atom is 0.263 e. The van der Waals surface area contributed by atoms with E-state index in [4.69, 9.17) is 20.7 Å². The topological polar surface area (TPSA) is 97.2 Å². The smallest absolute Gasteiger partial charge is 0.263 e. The van der Waals surface area contributed by atoms with Crippen molar-refractivity contribution < 1.29 is 9.13 Å². The summed E-state index contributed by atoms with van der Waals surface area (Å²) in [5, 5.41) is 9.07. The summed E-state index contributed by atoms with van der Waals surface area (Å²) in [6.45, 7) is 1.20. The van der Waals surface area contributed by atoms with E-state index in [-0.39, 0.29) is 17.2 Å². The van der Waals surface area contributed by atoms with Gasteiger partial charge >= 0.3 is 0 Å². The molecule has 158 valence electrons. The Kier molecular flexibility index (Phi) is 5.44. The fourth-order valence-corrected chi connectivity index (χ4v) is 3.78. The standard InChI is InChI=1S/C23H22FN5O2/c1-28-22(30)20(14-5-7-18(31-2)8-6-14)21(15-3-4-16(12-25)19(24)11-15)27-23(28)29-10-9-17(29)13-26/h3-8,11,17H,9-10,13,26H2,1-2H3. The van der Waals surface area contributed by atoms with Crippen LogP contribution in [-0.4, -0.2) is 35.8 Å². The molecular formula is C23H22FN5O2. The van der Waals surface area contributed by atoms with E-state index in [0.29, 0.717) is 40.6 Å². The van der Waals surface area contributed by atoms with Gasteiger partial charge in [-0.15, -0.1) is 0 Å². The van der Waals surface area contributed by atoms with Crippen molar-refractivity contribution in [1.29, 1.82) is 5.26 Å². The highest BCUT2D eigenvalue weighted by molar-refractivity contribution is 5.81. The Bertz CT molecular complexity index is 1230. The van der Waals surface area contributed by atoms with E-state index in [9.17, 15) is 9.18 Å². The highest BCUT2D eigenvalue weighted by atomic mass is 19.1. The lowest BCUT2D eigenvalue weighted by Gasteiger charge is -2.41. The molecule has 3 aromatic rings. The van der Waals surface area contributed by atoms with Crippen molar-refractivity contribution in [3.63, 3.8) is 0 Å². The molecule has 1 fully saturated rings. The van der Waals surface area contributed by atoms with Crippen molar-refractivity contribution in [3.05, 3.63) is 64.2 Å². The first-order chi connectivity index (χ1) is 15.0. The van der Waals surface area contributed by atoms with Crippen LogP contribution >= 0.6 is 0 Å². The van der Waals surface area contributed by atoms with Gasteiger partial charge in [-0.2, -0.15) is 5.26 Å². The number of nitrogens with zero attached hydrogens (tertiary/aromatic N) is 4. The fourth-order valence-electron chi connectivity index (χ4n) is 3.78. The summed E-state index contributed by atoms with van der Waals surface area (Å²) in [6.07, 6.45) is 0.924. The summed E-state index contributed by atoms with van der Waals surface area (Å²) < 4.78 is 21.1. The van der Waals surface area contributed by atoms with Crippen molar-refractivity contribution in [3.8, 4) is 34.2 Å². The van der Waals surface area contributed by atoms with Crippen LogP contribution in [0.15, 0.2) is 47.3 Å². The Morgan fingerprint density at radius 2 is 1.97 bits per heavy atom. The quantitative estimate of drug-likeness (QED) is 0.683. The molecule has 1 aromatic heterocycles. The second kappa shape index (κ2) is 8.20. The molecule has 0 amide bonds. The summed E-state index contributed by atoms with van der Waals surface area (Å²) >= 11 is 0. The third-order valence-corrected chi connectivity index (χ3v) is 5.68. The zero-order valence-corrected chi connectivity index (χ0v) is 17.3. The van der Waals surface area contributed by atoms with Crippen molar-refractivity contribution in [1.82, 2.24) is 9.55 Å². The summed E-state index contributed by atoms with van der Waals surface area (Å²) in [4.78, 5) is 20.3. The normalized spacial score (nSPS) is 15.3. The van der Waals surface area contributed by atoms with Crippen molar-refractivity contribution in [2.24, 2.45) is 12.8 Å². The van der Waals surface area contributed by atoms with Crippen LogP contribution in [0.1, 0.15) is 12.0 Å². The molecule has 8 heteroatoms. The van der Waals surface area contributed by atoms with Crippen LogP contribution in [0.25, 0.3) is 22.4 Å². The van der Waals surface area contributed by atoms with E-state index < -0.39 is 5.82 Å². The van der Waals surface area contributed by atoms with Gasteiger partial charge in [0.2, 0.25) is 5.95 Å². The molecule has 4 rings (SSSR count). The van der Waals surface area contributed by atoms with Gasteiger partial charge in [0.15, 0.2) is 0 Å². The minimum absolute atomic E-state index is 0.0651. The molecule has 1 aliphatic rings. The Hall–Kier alpha value is -3.70. The van der Waals surface area contributed by atoms with Crippen molar-refractivity contribution in [2.45, 2.75) is 12.5 Å². The first-order valence-corrected chi connectivity index (χ1v) is 9.90. The third kappa shape index (κ3) is 3.53. The van der Waals surface area contributed by atoms with Crippen LogP contribution in [-0.2, 0) is 7.05 Å². The molecule has 7 nitrogen and oxygen atoms in total. The van der Waals surface area contributed by atoms with E-state index in [1.165, 1.54) is 16.7 Å². The molecule has 0 radical (unpaired) electrons. The highest BCUT2D eigenvalue weighted by Crippen LogP contribution is 2.33. The van der Waals surface area contributed by atoms with Gasteiger partial charge in [0.25, 0.3) is 5.56 Å². The number of benzene rings is 2. The van der Waals surface area contributed by atoms with Crippen LogP contribution in [0.3, 0.4) is 0 Å². The molecule has 31 heavy (non-hydrogen) atoms. The molecule has 0 bridgehead atoms. The Balaban J connectivity index is 1.97. The molecule has 1 aliphatic heterocycles. The zero-order chi connectivity index (χ0) is 22.1. The van der Waals surface area contributed by atoms with E-state index in [0.717, 1.165) is 13.0 Å². The Labute approximate surface area is 179 Å². The molecule has 0 spiro atoms. The minimum Gasteiger partial charge on any atom is -0.497 e. The van der Waals surface area contributed by atoms with Gasteiger partial charge in [-0.1, -0.05) is 18.2 Å². The van der Waals surface area contributed by atoms with Crippen molar-refractivity contribution in [2.75, 3.05) is 25.1 Å². The number of ether oxygens (including phenoxy) is 1. The molecule has 1 unspecified atom stereocenters. The summed E-state index contributed by atoms with van der Waals surface area (Å²) in [5.41, 5.74) is 7.30. The first kappa shape index (κ1) is 20.6. The second-order valence-electron chi connectivity index (χ2n) is 7.41. The van der Waals surface area contributed by atoms with Gasteiger partial charge in [-0.05, 0) is 36.2 Å². The molecular weight excluding hydrogens is 397 g/mol. The lowest BCUT2D eigenvalue weighted by Crippen LogP contribution is -2.54. The van der Waals surface area contributed by atoms with Gasteiger partial charge in [0.1, 0.15) is 17.6 Å². The van der Waals surface area contributed by atoms with Crippen molar-refractivity contribution >= 4 is 5.95 Å². The zero-order valence-electron chi connectivity index (χ0n) is 17.3. The van der Waals surface area contributed by atoms with E-state index >= 15 is 0 Å². The number of hydrogen-bond acceptors (Lipinski definition) is 6. The van der Waals surface area contributed by atoms with Crippen LogP contribution < -0.4 is 20.9 Å². The monoisotopic (exact) mass is 419 g/mol. The van der Waals surface area contributed by atoms with Gasteiger partial charge in [-0.3, -0.25) is 9.36 Å². The van der Waals surface area contributed by atoms with Gasteiger partial charge < -0.3 is 15.4 Å². The summed E-state index contributed by atoms with van der Waals surface area (Å²) in [5.74, 6) is 0.486. The average molecular weight is 419 g/mol. The SMILES string of the molecule is COc1ccc(-c2c(-c3ccc(C#N)c(F)c3)nc(N3CCC3CN)n(C)c2=O)cc1. The Morgan fingerprint density at radius 1 is 1.26 bits per heavy atom. The number of methoxy groups -OCH3 is 1. The lowest BCUT2D eigenvalue weighted by atomic mass is 9.99.